The third-order valence-corrected chi connectivity index (χ3v) is 3.30. The van der Waals surface area contributed by atoms with Gasteiger partial charge in [0, 0.05) is 5.69 Å². The lowest BCUT2D eigenvalue weighted by Gasteiger charge is -2.08. The van der Waals surface area contributed by atoms with Gasteiger partial charge in [0.05, 0.1) is 5.71 Å². The van der Waals surface area contributed by atoms with E-state index in [-0.39, 0.29) is 0 Å². The zero-order valence-electron chi connectivity index (χ0n) is 12.5. The fourth-order valence-corrected chi connectivity index (χ4v) is 1.95. The molecule has 0 atom stereocenters. The molecule has 0 saturated carbocycles. The lowest BCUT2D eigenvalue weighted by molar-refractivity contribution is 1.04. The molecule has 0 aliphatic heterocycles. The van der Waals surface area contributed by atoms with Crippen molar-refractivity contribution in [2.75, 3.05) is 5.32 Å². The van der Waals surface area contributed by atoms with Gasteiger partial charge in [0.2, 0.25) is 0 Å². The molecule has 0 saturated heterocycles. The number of benzene rings is 2. The number of thiocarbonyl (C=S) groups is 1. The largest absolute Gasteiger partial charge is 0.331 e. The topological polar surface area (TPSA) is 36.4 Å². The molecule has 4 heteroatoms. The second kappa shape index (κ2) is 6.99. The van der Waals surface area contributed by atoms with Gasteiger partial charge in [-0.1, -0.05) is 47.5 Å². The molecule has 0 aliphatic carbocycles. The van der Waals surface area contributed by atoms with Gasteiger partial charge in [0.1, 0.15) is 0 Å². The fraction of sp³-hybridized carbons (Fsp3) is 0.176. The summed E-state index contributed by atoms with van der Waals surface area (Å²) in [5.74, 6) is 0. The second-order valence-electron chi connectivity index (χ2n) is 5.00. The van der Waals surface area contributed by atoms with Crippen LogP contribution in [0.4, 0.5) is 5.69 Å². The van der Waals surface area contributed by atoms with Gasteiger partial charge < -0.3 is 5.32 Å². The fourth-order valence-electron chi connectivity index (χ4n) is 1.79. The molecule has 3 nitrogen and oxygen atoms in total. The van der Waals surface area contributed by atoms with Crippen LogP contribution < -0.4 is 10.7 Å². The van der Waals surface area contributed by atoms with Gasteiger partial charge in [-0.3, -0.25) is 5.43 Å². The minimum Gasteiger partial charge on any atom is -0.331 e. The van der Waals surface area contributed by atoms with Crippen molar-refractivity contribution in [2.45, 2.75) is 20.8 Å². The second-order valence-corrected chi connectivity index (χ2v) is 5.40. The Balaban J connectivity index is 1.94. The molecule has 0 fully saturated rings. The van der Waals surface area contributed by atoms with Crippen molar-refractivity contribution < 1.29 is 0 Å². The third kappa shape index (κ3) is 4.68. The maximum Gasteiger partial charge on any atom is 0.191 e. The Morgan fingerprint density at radius 2 is 1.43 bits per heavy atom. The minimum absolute atomic E-state index is 0.477. The van der Waals surface area contributed by atoms with Crippen LogP contribution in [0.2, 0.25) is 0 Å². The Labute approximate surface area is 131 Å². The first-order valence-corrected chi connectivity index (χ1v) is 7.20. The summed E-state index contributed by atoms with van der Waals surface area (Å²) in [6.45, 7) is 6.07. The van der Waals surface area contributed by atoms with Gasteiger partial charge >= 0.3 is 0 Å². The van der Waals surface area contributed by atoms with E-state index in [9.17, 15) is 0 Å². The van der Waals surface area contributed by atoms with E-state index >= 15 is 0 Å². The lowest BCUT2D eigenvalue weighted by atomic mass is 10.1. The predicted octanol–water partition coefficient (Wildman–Crippen LogP) is 4.01. The summed E-state index contributed by atoms with van der Waals surface area (Å²) in [7, 11) is 0. The zero-order chi connectivity index (χ0) is 15.2. The number of aryl methyl sites for hydroxylation is 2. The smallest absolute Gasteiger partial charge is 0.191 e. The highest BCUT2D eigenvalue weighted by molar-refractivity contribution is 7.80. The normalized spacial score (nSPS) is 11.1. The molecule has 2 aromatic rings. The van der Waals surface area contributed by atoms with E-state index in [0.29, 0.717) is 5.11 Å². The minimum atomic E-state index is 0.477. The van der Waals surface area contributed by atoms with Gasteiger partial charge in [-0.15, -0.1) is 0 Å². The van der Waals surface area contributed by atoms with Gasteiger partial charge in [-0.05, 0) is 50.7 Å². The Hall–Kier alpha value is -2.20. The quantitative estimate of drug-likeness (QED) is 0.510. The molecular formula is C17H19N3S. The Kier molecular flexibility index (Phi) is 5.06. The number of nitrogens with zero attached hydrogens (tertiary/aromatic N) is 1. The van der Waals surface area contributed by atoms with Crippen molar-refractivity contribution >= 4 is 28.7 Å². The molecule has 0 bridgehead atoms. The van der Waals surface area contributed by atoms with Crippen LogP contribution in [0.1, 0.15) is 23.6 Å². The molecule has 0 amide bonds. The van der Waals surface area contributed by atoms with Crippen LogP contribution in [-0.2, 0) is 0 Å². The molecule has 0 heterocycles. The van der Waals surface area contributed by atoms with Crippen LogP contribution in [0.3, 0.4) is 0 Å². The summed E-state index contributed by atoms with van der Waals surface area (Å²) < 4.78 is 0. The van der Waals surface area contributed by atoms with Gasteiger partial charge in [-0.2, -0.15) is 5.10 Å². The average Bonchev–Trinajstić information content (AvgIpc) is 2.48. The Morgan fingerprint density at radius 3 is 2.00 bits per heavy atom. The number of anilines is 1. The molecule has 0 spiro atoms. The van der Waals surface area contributed by atoms with E-state index in [4.69, 9.17) is 12.2 Å². The van der Waals surface area contributed by atoms with Crippen LogP contribution in [0.15, 0.2) is 53.6 Å². The Morgan fingerprint density at radius 1 is 0.905 bits per heavy atom. The molecule has 2 N–H and O–H groups in total. The molecule has 0 aromatic heterocycles. The number of nitrogens with one attached hydrogen (secondary N) is 2. The zero-order valence-corrected chi connectivity index (χ0v) is 13.3. The van der Waals surface area contributed by atoms with Crippen molar-refractivity contribution in [1.82, 2.24) is 5.43 Å². The van der Waals surface area contributed by atoms with Crippen LogP contribution in [0, 0.1) is 13.8 Å². The Bertz CT molecular complexity index is 643. The first-order valence-electron chi connectivity index (χ1n) is 6.79. The van der Waals surface area contributed by atoms with Crippen molar-refractivity contribution in [2.24, 2.45) is 5.10 Å². The number of hydrogen-bond acceptors (Lipinski definition) is 2. The van der Waals surface area contributed by atoms with Crippen molar-refractivity contribution in [3.05, 3.63) is 65.2 Å². The molecule has 2 aromatic carbocycles. The monoisotopic (exact) mass is 297 g/mol. The lowest BCUT2D eigenvalue weighted by Crippen LogP contribution is -2.24. The van der Waals surface area contributed by atoms with Gasteiger partial charge in [-0.25, -0.2) is 0 Å². The molecule has 2 rings (SSSR count). The van der Waals surface area contributed by atoms with Crippen molar-refractivity contribution in [3.63, 3.8) is 0 Å². The highest BCUT2D eigenvalue weighted by atomic mass is 32.1. The van der Waals surface area contributed by atoms with E-state index < -0.39 is 0 Å². The molecule has 0 unspecified atom stereocenters. The third-order valence-electron chi connectivity index (χ3n) is 3.10. The van der Waals surface area contributed by atoms with E-state index in [1.807, 2.05) is 43.3 Å². The SMILES string of the molecule is C/C(=N/NC(=S)Nc1ccc(C)cc1)c1ccc(C)cc1. The molecule has 0 radical (unpaired) electrons. The van der Waals surface area contributed by atoms with Crippen LogP contribution in [0.5, 0.6) is 0 Å². The van der Waals surface area contributed by atoms with Crippen LogP contribution >= 0.6 is 12.2 Å². The maximum atomic E-state index is 5.23. The summed E-state index contributed by atoms with van der Waals surface area (Å²) in [4.78, 5) is 0. The summed E-state index contributed by atoms with van der Waals surface area (Å²) >= 11 is 5.23. The van der Waals surface area contributed by atoms with E-state index in [1.165, 1.54) is 11.1 Å². The summed E-state index contributed by atoms with van der Waals surface area (Å²) in [5, 5.41) is 7.88. The molecule has 108 valence electrons. The molecular weight excluding hydrogens is 278 g/mol. The maximum absolute atomic E-state index is 5.23. The van der Waals surface area contributed by atoms with Gasteiger partial charge in [0.15, 0.2) is 5.11 Å². The molecule has 0 aliphatic rings. The highest BCUT2D eigenvalue weighted by Crippen LogP contribution is 2.08. The number of hydrogen-bond donors (Lipinski definition) is 2. The summed E-state index contributed by atoms with van der Waals surface area (Å²) in [6.07, 6.45) is 0. The summed E-state index contributed by atoms with van der Waals surface area (Å²) in [6, 6.07) is 16.3. The van der Waals surface area contributed by atoms with Crippen molar-refractivity contribution in [3.8, 4) is 0 Å². The van der Waals surface area contributed by atoms with Gasteiger partial charge in [0.25, 0.3) is 0 Å². The first-order chi connectivity index (χ1) is 10.0. The van der Waals surface area contributed by atoms with Crippen LogP contribution in [-0.4, -0.2) is 10.8 Å². The predicted molar refractivity (Wildman–Crippen MR) is 93.9 cm³/mol. The molecule has 21 heavy (non-hydrogen) atoms. The standard InChI is InChI=1S/C17H19N3S/c1-12-4-8-15(9-5-12)14(3)19-20-17(21)18-16-10-6-13(2)7-11-16/h4-11H,1-3H3,(H2,18,20,21)/b19-14-. The van der Waals surface area contributed by atoms with E-state index in [1.54, 1.807) is 0 Å². The highest BCUT2D eigenvalue weighted by Gasteiger charge is 1.99. The average molecular weight is 297 g/mol. The van der Waals surface area contributed by atoms with Crippen molar-refractivity contribution in [1.29, 1.82) is 0 Å². The summed E-state index contributed by atoms with van der Waals surface area (Å²) in [5.41, 5.74) is 8.23. The van der Waals surface area contributed by atoms with Crippen LogP contribution in [0.25, 0.3) is 0 Å². The van der Waals surface area contributed by atoms with E-state index in [2.05, 4.69) is 41.8 Å². The van der Waals surface area contributed by atoms with E-state index in [0.717, 1.165) is 17.0 Å². The first kappa shape index (κ1) is 15.2. The number of hydrazone groups is 1. The number of rotatable bonds is 3.